The maximum Gasteiger partial charge on any atom is 0.311 e. The van der Waals surface area contributed by atoms with Gasteiger partial charge in [-0.15, -0.1) is 0 Å². The molecule has 0 saturated heterocycles. The Morgan fingerprint density at radius 1 is 1.22 bits per heavy atom. The number of nitrogens with zero attached hydrogens (tertiary/aromatic N) is 2. The minimum atomic E-state index is -0.920. The van der Waals surface area contributed by atoms with Gasteiger partial charge in [0, 0.05) is 6.54 Å². The van der Waals surface area contributed by atoms with E-state index < -0.39 is 17.3 Å². The number of fused-ring (bicyclic) bond motifs is 3. The molecule has 0 aliphatic heterocycles. The molecule has 0 spiro atoms. The SMILES string of the molecule is O=C(NCC1(C(=O)O)CCCCC1)c1cnn2c1[nH]c(=O)c1ccccc12. The number of H-pyrrole nitrogens is 1. The van der Waals surface area contributed by atoms with Crippen LogP contribution in [0.4, 0.5) is 0 Å². The van der Waals surface area contributed by atoms with E-state index in [0.717, 1.165) is 19.3 Å². The molecular weight excluding hydrogens is 348 g/mol. The fraction of sp³-hybridized carbons (Fsp3) is 0.368. The van der Waals surface area contributed by atoms with Gasteiger partial charge in [0.05, 0.1) is 22.5 Å². The standard InChI is InChI=1S/C19H20N4O4/c24-16(20-11-19(18(26)27)8-4-1-5-9-19)13-10-21-23-14-7-3-2-6-12(14)17(25)22-15(13)23/h2-3,6-7,10H,1,4-5,8-9,11H2,(H,20,24)(H,22,25)(H,26,27). The molecule has 0 bridgehead atoms. The number of hydrogen-bond donors (Lipinski definition) is 3. The Bertz CT molecular complexity index is 1090. The Morgan fingerprint density at radius 2 is 1.96 bits per heavy atom. The molecule has 4 rings (SSSR count). The zero-order valence-corrected chi connectivity index (χ0v) is 14.7. The van der Waals surface area contributed by atoms with E-state index in [0.29, 0.717) is 29.4 Å². The number of carbonyl (C=O) groups excluding carboxylic acids is 1. The molecule has 140 valence electrons. The molecule has 2 aromatic heterocycles. The molecule has 8 heteroatoms. The van der Waals surface area contributed by atoms with Crippen LogP contribution in [0, 0.1) is 5.41 Å². The molecule has 2 heterocycles. The number of carboxylic acid groups (broad SMARTS) is 1. The number of aromatic amines is 1. The third kappa shape index (κ3) is 2.87. The Labute approximate surface area is 154 Å². The third-order valence-corrected chi connectivity index (χ3v) is 5.47. The van der Waals surface area contributed by atoms with Gasteiger partial charge in [-0.05, 0) is 25.0 Å². The first-order valence-corrected chi connectivity index (χ1v) is 9.02. The normalized spacial score (nSPS) is 16.4. The van der Waals surface area contributed by atoms with Crippen LogP contribution in [0.25, 0.3) is 16.6 Å². The molecule has 8 nitrogen and oxygen atoms in total. The molecule has 1 aromatic carbocycles. The molecule has 0 radical (unpaired) electrons. The molecule has 27 heavy (non-hydrogen) atoms. The van der Waals surface area contributed by atoms with Crippen LogP contribution in [0.3, 0.4) is 0 Å². The van der Waals surface area contributed by atoms with Gasteiger partial charge in [-0.2, -0.15) is 5.10 Å². The van der Waals surface area contributed by atoms with E-state index in [2.05, 4.69) is 15.4 Å². The number of rotatable bonds is 4. The summed E-state index contributed by atoms with van der Waals surface area (Å²) >= 11 is 0. The molecule has 3 N–H and O–H groups in total. The van der Waals surface area contributed by atoms with Crippen LogP contribution in [-0.2, 0) is 4.79 Å². The highest BCUT2D eigenvalue weighted by atomic mass is 16.4. The van der Waals surface area contributed by atoms with Crippen molar-refractivity contribution < 1.29 is 14.7 Å². The number of para-hydroxylation sites is 1. The number of carboxylic acids is 1. The molecule has 1 amide bonds. The second-order valence-electron chi connectivity index (χ2n) is 7.12. The van der Waals surface area contributed by atoms with E-state index in [1.165, 1.54) is 10.7 Å². The van der Waals surface area contributed by atoms with Gasteiger partial charge < -0.3 is 15.4 Å². The topological polar surface area (TPSA) is 117 Å². The predicted molar refractivity (Wildman–Crippen MR) is 98.8 cm³/mol. The smallest absolute Gasteiger partial charge is 0.311 e. The van der Waals surface area contributed by atoms with Gasteiger partial charge in [-0.3, -0.25) is 14.4 Å². The molecule has 1 aliphatic rings. The van der Waals surface area contributed by atoms with E-state index in [9.17, 15) is 19.5 Å². The lowest BCUT2D eigenvalue weighted by Gasteiger charge is -2.33. The summed E-state index contributed by atoms with van der Waals surface area (Å²) in [6, 6.07) is 7.00. The Kier molecular flexibility index (Phi) is 4.18. The fourth-order valence-electron chi connectivity index (χ4n) is 3.88. The largest absolute Gasteiger partial charge is 0.481 e. The second kappa shape index (κ2) is 6.53. The molecule has 3 aromatic rings. The average Bonchev–Trinajstić information content (AvgIpc) is 3.11. The summed E-state index contributed by atoms with van der Waals surface area (Å²) in [4.78, 5) is 39.5. The summed E-state index contributed by atoms with van der Waals surface area (Å²) in [5.41, 5.74) is -0.110. The van der Waals surface area contributed by atoms with Crippen LogP contribution in [0.5, 0.6) is 0 Å². The molecule has 0 unspecified atom stereocenters. The number of aliphatic carboxylic acids is 1. The first-order chi connectivity index (χ1) is 13.0. The Morgan fingerprint density at radius 3 is 2.70 bits per heavy atom. The first kappa shape index (κ1) is 17.3. The lowest BCUT2D eigenvalue weighted by atomic mass is 9.74. The van der Waals surface area contributed by atoms with Gasteiger partial charge in [-0.25, -0.2) is 4.52 Å². The number of benzene rings is 1. The average molecular weight is 368 g/mol. The minimum Gasteiger partial charge on any atom is -0.481 e. The van der Waals surface area contributed by atoms with Crippen LogP contribution in [0.2, 0.25) is 0 Å². The van der Waals surface area contributed by atoms with Crippen LogP contribution in [0.1, 0.15) is 42.5 Å². The second-order valence-corrected chi connectivity index (χ2v) is 7.12. The summed E-state index contributed by atoms with van der Waals surface area (Å²) in [7, 11) is 0. The summed E-state index contributed by atoms with van der Waals surface area (Å²) in [6.45, 7) is 0.0658. The number of carbonyl (C=O) groups is 2. The van der Waals surface area contributed by atoms with Gasteiger partial charge in [0.25, 0.3) is 11.5 Å². The van der Waals surface area contributed by atoms with Crippen molar-refractivity contribution in [2.24, 2.45) is 5.41 Å². The van der Waals surface area contributed by atoms with Crippen molar-refractivity contribution in [1.29, 1.82) is 0 Å². The highest BCUT2D eigenvalue weighted by Crippen LogP contribution is 2.36. The highest BCUT2D eigenvalue weighted by Gasteiger charge is 2.40. The van der Waals surface area contributed by atoms with Crippen molar-refractivity contribution in [2.45, 2.75) is 32.1 Å². The van der Waals surface area contributed by atoms with Gasteiger partial charge in [0.1, 0.15) is 11.2 Å². The van der Waals surface area contributed by atoms with Crippen molar-refractivity contribution >= 4 is 28.4 Å². The van der Waals surface area contributed by atoms with Crippen molar-refractivity contribution in [3.05, 3.63) is 46.4 Å². The number of nitrogens with one attached hydrogen (secondary N) is 2. The minimum absolute atomic E-state index is 0.0658. The number of aromatic nitrogens is 3. The van der Waals surface area contributed by atoms with Gasteiger partial charge in [-0.1, -0.05) is 31.4 Å². The Balaban J connectivity index is 1.65. The third-order valence-electron chi connectivity index (χ3n) is 5.47. The van der Waals surface area contributed by atoms with E-state index in [1.54, 1.807) is 24.3 Å². The lowest BCUT2D eigenvalue weighted by molar-refractivity contribution is -0.150. The summed E-state index contributed by atoms with van der Waals surface area (Å²) in [6.07, 6.45) is 5.21. The van der Waals surface area contributed by atoms with E-state index >= 15 is 0 Å². The highest BCUT2D eigenvalue weighted by molar-refractivity contribution is 6.00. The molecule has 0 atom stereocenters. The zero-order chi connectivity index (χ0) is 19.0. The fourth-order valence-corrected chi connectivity index (χ4v) is 3.88. The zero-order valence-electron chi connectivity index (χ0n) is 14.7. The number of hydrogen-bond acceptors (Lipinski definition) is 4. The summed E-state index contributed by atoms with van der Waals surface area (Å²) in [5.74, 6) is -1.32. The van der Waals surface area contributed by atoms with E-state index in [-0.39, 0.29) is 17.7 Å². The van der Waals surface area contributed by atoms with Crippen molar-refractivity contribution in [3.63, 3.8) is 0 Å². The molecule has 1 fully saturated rings. The predicted octanol–water partition coefficient (Wildman–Crippen LogP) is 1.94. The van der Waals surface area contributed by atoms with Crippen LogP contribution >= 0.6 is 0 Å². The number of amides is 1. The van der Waals surface area contributed by atoms with Crippen LogP contribution in [-0.4, -0.2) is 38.1 Å². The van der Waals surface area contributed by atoms with Crippen molar-refractivity contribution in [1.82, 2.24) is 19.9 Å². The molecular formula is C19H20N4O4. The summed E-state index contributed by atoms with van der Waals surface area (Å²) in [5, 5.41) is 17.1. The van der Waals surface area contributed by atoms with Gasteiger partial charge >= 0.3 is 5.97 Å². The maximum atomic E-state index is 12.7. The lowest BCUT2D eigenvalue weighted by Crippen LogP contribution is -2.44. The van der Waals surface area contributed by atoms with E-state index in [1.807, 2.05) is 0 Å². The summed E-state index contributed by atoms with van der Waals surface area (Å²) < 4.78 is 1.51. The monoisotopic (exact) mass is 368 g/mol. The maximum absolute atomic E-state index is 12.7. The van der Waals surface area contributed by atoms with Gasteiger partial charge in [0.15, 0.2) is 0 Å². The molecule has 1 aliphatic carbocycles. The first-order valence-electron chi connectivity index (χ1n) is 9.02. The van der Waals surface area contributed by atoms with Gasteiger partial charge in [0.2, 0.25) is 0 Å². The Hall–Kier alpha value is -3.16. The van der Waals surface area contributed by atoms with Crippen LogP contribution < -0.4 is 10.9 Å². The van der Waals surface area contributed by atoms with Crippen molar-refractivity contribution in [3.8, 4) is 0 Å². The quantitative estimate of drug-likeness (QED) is 0.651. The van der Waals surface area contributed by atoms with Crippen molar-refractivity contribution in [2.75, 3.05) is 6.54 Å². The van der Waals surface area contributed by atoms with Crippen LogP contribution in [0.15, 0.2) is 35.3 Å². The molecule has 1 saturated carbocycles. The van der Waals surface area contributed by atoms with E-state index in [4.69, 9.17) is 0 Å².